The molecule has 0 unspecified atom stereocenters. The van der Waals surface area contributed by atoms with Crippen molar-refractivity contribution in [1.29, 1.82) is 0 Å². The lowest BCUT2D eigenvalue weighted by molar-refractivity contribution is -0.131. The van der Waals surface area contributed by atoms with Crippen LogP contribution in [0.5, 0.6) is 0 Å². The number of Topliss-reactive ketones (excluding diaryl/α,β-unsaturated/α-hetero) is 1. The Kier molecular flexibility index (Phi) is 2.32. The maximum atomic E-state index is 12.4. The molecule has 0 heterocycles. The van der Waals surface area contributed by atoms with Crippen molar-refractivity contribution < 1.29 is 9.90 Å². The van der Waals surface area contributed by atoms with Gasteiger partial charge in [-0.3, -0.25) is 4.79 Å². The van der Waals surface area contributed by atoms with Gasteiger partial charge in [-0.05, 0) is 31.1 Å². The summed E-state index contributed by atoms with van der Waals surface area (Å²) in [5.41, 5.74) is 1.47. The Morgan fingerprint density at radius 3 is 2.82 bits per heavy atom. The first-order valence-electron chi connectivity index (χ1n) is 6.89. The van der Waals surface area contributed by atoms with E-state index in [4.69, 9.17) is 0 Å². The molecule has 2 bridgehead atoms. The number of rotatable bonds is 0. The summed E-state index contributed by atoms with van der Waals surface area (Å²) in [6, 6.07) is 0. The molecule has 6 atom stereocenters. The Bertz CT molecular complexity index is 398. The summed E-state index contributed by atoms with van der Waals surface area (Å²) in [4.78, 5) is 12.4. The van der Waals surface area contributed by atoms with Gasteiger partial charge in [0.25, 0.3) is 0 Å². The largest absolute Gasteiger partial charge is 0.392 e. The van der Waals surface area contributed by atoms with Crippen molar-refractivity contribution in [2.24, 2.45) is 29.1 Å². The molecule has 2 fully saturated rings. The van der Waals surface area contributed by atoms with Crippen LogP contribution in [0.1, 0.15) is 40.0 Å². The summed E-state index contributed by atoms with van der Waals surface area (Å²) in [6.45, 7) is 6.59. The van der Waals surface area contributed by atoms with Crippen LogP contribution in [0.4, 0.5) is 0 Å². The van der Waals surface area contributed by atoms with Crippen LogP contribution in [-0.2, 0) is 4.79 Å². The summed E-state index contributed by atoms with van der Waals surface area (Å²) in [7, 11) is 0. The van der Waals surface area contributed by atoms with Gasteiger partial charge in [0.05, 0.1) is 6.10 Å². The smallest absolute Gasteiger partial charge is 0.143 e. The van der Waals surface area contributed by atoms with E-state index < -0.39 is 6.10 Å². The van der Waals surface area contributed by atoms with Gasteiger partial charge in [0.2, 0.25) is 0 Å². The SMILES string of the molecule is C[C@@H]1[C@H](O)[C@H]2CC3=CCC[C@H](C)[C@@]3(C)[C@@H]1C2=O. The van der Waals surface area contributed by atoms with Gasteiger partial charge in [-0.2, -0.15) is 0 Å². The average Bonchev–Trinajstić information content (AvgIpc) is 2.43. The van der Waals surface area contributed by atoms with Crippen LogP contribution < -0.4 is 0 Å². The summed E-state index contributed by atoms with van der Waals surface area (Å²) >= 11 is 0. The van der Waals surface area contributed by atoms with Crippen LogP contribution in [-0.4, -0.2) is 17.0 Å². The fourth-order valence-electron chi connectivity index (χ4n) is 4.67. The Labute approximate surface area is 103 Å². The number of aliphatic hydroxyl groups is 1. The van der Waals surface area contributed by atoms with Crippen molar-refractivity contribution in [3.8, 4) is 0 Å². The van der Waals surface area contributed by atoms with Crippen LogP contribution in [0.2, 0.25) is 0 Å². The van der Waals surface area contributed by atoms with Gasteiger partial charge >= 0.3 is 0 Å². The zero-order valence-corrected chi connectivity index (χ0v) is 10.9. The molecule has 3 rings (SSSR count). The van der Waals surface area contributed by atoms with Crippen molar-refractivity contribution in [3.63, 3.8) is 0 Å². The van der Waals surface area contributed by atoms with E-state index >= 15 is 0 Å². The van der Waals surface area contributed by atoms with E-state index in [0.717, 1.165) is 12.8 Å². The second-order valence-corrected chi connectivity index (χ2v) is 6.53. The van der Waals surface area contributed by atoms with Crippen molar-refractivity contribution in [1.82, 2.24) is 0 Å². The lowest BCUT2D eigenvalue weighted by Crippen LogP contribution is -2.46. The fraction of sp³-hybridized carbons (Fsp3) is 0.800. The van der Waals surface area contributed by atoms with Crippen molar-refractivity contribution in [3.05, 3.63) is 11.6 Å². The minimum absolute atomic E-state index is 0.0166. The second-order valence-electron chi connectivity index (χ2n) is 6.53. The summed E-state index contributed by atoms with van der Waals surface area (Å²) in [5, 5.41) is 10.2. The highest BCUT2D eigenvalue weighted by Crippen LogP contribution is 2.60. The highest BCUT2D eigenvalue weighted by molar-refractivity contribution is 5.90. The molecule has 0 radical (unpaired) electrons. The topological polar surface area (TPSA) is 37.3 Å². The summed E-state index contributed by atoms with van der Waals surface area (Å²) in [6.07, 6.45) is 5.06. The summed E-state index contributed by atoms with van der Waals surface area (Å²) in [5.74, 6) is 0.963. The highest BCUT2D eigenvalue weighted by atomic mass is 16.3. The molecule has 0 aromatic rings. The molecular formula is C15H22O2. The Morgan fingerprint density at radius 1 is 1.41 bits per heavy atom. The first kappa shape index (κ1) is 11.5. The molecule has 0 aromatic carbocycles. The van der Waals surface area contributed by atoms with E-state index in [0.29, 0.717) is 11.7 Å². The van der Waals surface area contributed by atoms with Crippen molar-refractivity contribution >= 4 is 5.78 Å². The molecule has 0 spiro atoms. The fourth-order valence-corrected chi connectivity index (χ4v) is 4.67. The Morgan fingerprint density at radius 2 is 2.12 bits per heavy atom. The van der Waals surface area contributed by atoms with Gasteiger partial charge < -0.3 is 5.11 Å². The molecule has 0 aromatic heterocycles. The predicted molar refractivity (Wildman–Crippen MR) is 66.4 cm³/mol. The molecule has 3 aliphatic rings. The normalized spacial score (nSPS) is 53.3. The van der Waals surface area contributed by atoms with Crippen LogP contribution in [0, 0.1) is 29.1 Å². The Balaban J connectivity index is 2.13. The first-order valence-corrected chi connectivity index (χ1v) is 6.89. The van der Waals surface area contributed by atoms with E-state index in [1.54, 1.807) is 0 Å². The summed E-state index contributed by atoms with van der Waals surface area (Å²) < 4.78 is 0. The molecule has 1 N–H and O–H groups in total. The minimum Gasteiger partial charge on any atom is -0.392 e. The molecule has 17 heavy (non-hydrogen) atoms. The number of aliphatic hydroxyl groups excluding tert-OH is 1. The monoisotopic (exact) mass is 234 g/mol. The zero-order valence-electron chi connectivity index (χ0n) is 10.9. The number of fused-ring (bicyclic) bond motifs is 4. The van der Waals surface area contributed by atoms with E-state index in [2.05, 4.69) is 26.8 Å². The van der Waals surface area contributed by atoms with Gasteiger partial charge in [0.1, 0.15) is 5.78 Å². The molecule has 2 nitrogen and oxygen atoms in total. The average molecular weight is 234 g/mol. The molecule has 2 heteroatoms. The third-order valence-electron chi connectivity index (χ3n) is 5.94. The molecule has 0 amide bonds. The van der Waals surface area contributed by atoms with Crippen LogP contribution in [0.3, 0.4) is 0 Å². The predicted octanol–water partition coefficient (Wildman–Crippen LogP) is 2.56. The van der Waals surface area contributed by atoms with Gasteiger partial charge in [-0.15, -0.1) is 0 Å². The van der Waals surface area contributed by atoms with E-state index in [-0.39, 0.29) is 23.2 Å². The molecule has 3 aliphatic carbocycles. The third kappa shape index (κ3) is 1.22. The quantitative estimate of drug-likeness (QED) is 0.654. The van der Waals surface area contributed by atoms with Crippen molar-refractivity contribution in [2.45, 2.75) is 46.1 Å². The maximum absolute atomic E-state index is 12.4. The lowest BCUT2D eigenvalue weighted by atomic mass is 9.55. The molecule has 2 saturated carbocycles. The van der Waals surface area contributed by atoms with Crippen molar-refractivity contribution in [2.75, 3.05) is 0 Å². The second kappa shape index (κ2) is 3.44. The number of carbonyl (C=O) groups excluding carboxylic acids is 1. The van der Waals surface area contributed by atoms with E-state index in [9.17, 15) is 9.90 Å². The number of hydrogen-bond acceptors (Lipinski definition) is 2. The van der Waals surface area contributed by atoms with Gasteiger partial charge in [-0.1, -0.05) is 32.4 Å². The molecule has 94 valence electrons. The Hall–Kier alpha value is -0.630. The van der Waals surface area contributed by atoms with E-state index in [1.165, 1.54) is 12.0 Å². The van der Waals surface area contributed by atoms with Gasteiger partial charge in [0.15, 0.2) is 0 Å². The van der Waals surface area contributed by atoms with Gasteiger partial charge in [-0.25, -0.2) is 0 Å². The number of hydrogen-bond donors (Lipinski definition) is 1. The zero-order chi connectivity index (χ0) is 12.4. The van der Waals surface area contributed by atoms with E-state index in [1.807, 2.05) is 0 Å². The minimum atomic E-state index is -0.414. The van der Waals surface area contributed by atoms with Crippen LogP contribution in [0.15, 0.2) is 11.6 Å². The van der Waals surface area contributed by atoms with Crippen LogP contribution in [0.25, 0.3) is 0 Å². The number of ketones is 1. The number of carbonyl (C=O) groups is 1. The molecule has 0 aliphatic heterocycles. The van der Waals surface area contributed by atoms with Crippen LogP contribution >= 0.6 is 0 Å². The maximum Gasteiger partial charge on any atom is 0.143 e. The standard InChI is InChI=1S/C15H22O2/c1-8-5-4-6-10-7-11-13(16)9(2)12(14(11)17)15(8,10)3/h6,8-9,11-13,16H,4-5,7H2,1-3H3/t8-,9-,11+,12-,13-,15+/m0/s1. The molecular weight excluding hydrogens is 212 g/mol. The third-order valence-corrected chi connectivity index (χ3v) is 5.94. The molecule has 0 saturated heterocycles. The van der Waals surface area contributed by atoms with Gasteiger partial charge in [0, 0.05) is 17.3 Å². The highest BCUT2D eigenvalue weighted by Gasteiger charge is 2.61. The lowest BCUT2D eigenvalue weighted by Gasteiger charge is -2.48. The first-order chi connectivity index (χ1) is 7.98. The number of allylic oxidation sites excluding steroid dienone is 2.